The molecule has 0 bridgehead atoms. The summed E-state index contributed by atoms with van der Waals surface area (Å²) in [6, 6.07) is 1.93. The van der Waals surface area contributed by atoms with E-state index in [0.717, 1.165) is 24.3 Å². The smallest absolute Gasteiger partial charge is 0.238 e. The van der Waals surface area contributed by atoms with Gasteiger partial charge in [0.1, 0.15) is 6.04 Å². The highest BCUT2D eigenvalue weighted by Gasteiger charge is 2.33. The predicted octanol–water partition coefficient (Wildman–Crippen LogP) is 2.85. The predicted molar refractivity (Wildman–Crippen MR) is 76.0 cm³/mol. The molecule has 7 heteroatoms. The fourth-order valence-corrected chi connectivity index (χ4v) is 3.46. The topological polar surface area (TPSA) is 32.3 Å². The first kappa shape index (κ1) is 16.2. The summed E-state index contributed by atoms with van der Waals surface area (Å²) in [5, 5.41) is 2.59. The molecule has 0 radical (unpaired) electrons. The Hall–Kier alpha value is -1.21. The number of amides is 1. The highest BCUT2D eigenvalue weighted by molar-refractivity contribution is 7.97. The van der Waals surface area contributed by atoms with Crippen LogP contribution in [0.25, 0.3) is 0 Å². The molecule has 1 heterocycles. The number of benzene rings is 1. The van der Waals surface area contributed by atoms with Gasteiger partial charge < -0.3 is 5.32 Å². The van der Waals surface area contributed by atoms with Crippen LogP contribution in [-0.4, -0.2) is 28.0 Å². The Morgan fingerprint density at radius 1 is 1.38 bits per heavy atom. The van der Waals surface area contributed by atoms with Crippen molar-refractivity contribution < 1.29 is 18.0 Å². The zero-order valence-corrected chi connectivity index (χ0v) is 12.6. The van der Waals surface area contributed by atoms with Crippen LogP contribution >= 0.6 is 11.9 Å². The van der Waals surface area contributed by atoms with Gasteiger partial charge in [0, 0.05) is 23.9 Å². The minimum atomic E-state index is -1.51. The summed E-state index contributed by atoms with van der Waals surface area (Å²) in [5.41, 5.74) is -0.0657. The van der Waals surface area contributed by atoms with E-state index in [0.29, 0.717) is 0 Å². The summed E-state index contributed by atoms with van der Waals surface area (Å²) in [5.74, 6) is -3.37. The maximum absolute atomic E-state index is 13.5. The lowest BCUT2D eigenvalue weighted by molar-refractivity contribution is -0.125. The first-order chi connectivity index (χ1) is 9.91. The molecule has 0 spiro atoms. The van der Waals surface area contributed by atoms with Crippen LogP contribution in [0.1, 0.15) is 25.8 Å². The van der Waals surface area contributed by atoms with E-state index in [4.69, 9.17) is 0 Å². The van der Waals surface area contributed by atoms with Crippen molar-refractivity contribution in [3.05, 3.63) is 35.1 Å². The molecule has 1 fully saturated rings. The van der Waals surface area contributed by atoms with Gasteiger partial charge in [0.15, 0.2) is 17.5 Å². The average molecular weight is 318 g/mol. The van der Waals surface area contributed by atoms with Gasteiger partial charge in [-0.1, -0.05) is 18.0 Å². The van der Waals surface area contributed by atoms with Crippen LogP contribution in [0.15, 0.2) is 12.1 Å². The zero-order chi connectivity index (χ0) is 15.6. The van der Waals surface area contributed by atoms with Gasteiger partial charge in [-0.3, -0.25) is 4.79 Å². The van der Waals surface area contributed by atoms with Crippen molar-refractivity contribution in [2.24, 2.45) is 0 Å². The number of carbonyl (C=O) groups excluding carboxylic acids is 1. The third-order valence-corrected chi connectivity index (χ3v) is 4.71. The van der Waals surface area contributed by atoms with E-state index < -0.39 is 17.5 Å². The molecule has 1 aliphatic rings. The lowest BCUT2D eigenvalue weighted by Crippen LogP contribution is -2.43. The summed E-state index contributed by atoms with van der Waals surface area (Å²) in [7, 11) is 0. The quantitative estimate of drug-likeness (QED) is 0.684. The lowest BCUT2D eigenvalue weighted by atomic mass is 10.1. The van der Waals surface area contributed by atoms with Crippen LogP contribution in [0.4, 0.5) is 13.2 Å². The molecule has 1 N–H and O–H groups in total. The van der Waals surface area contributed by atoms with Gasteiger partial charge in [-0.15, -0.1) is 0 Å². The maximum atomic E-state index is 13.5. The first-order valence-electron chi connectivity index (χ1n) is 6.73. The van der Waals surface area contributed by atoms with Gasteiger partial charge in [-0.05, 0) is 26.3 Å². The molecule has 1 unspecified atom stereocenters. The Morgan fingerprint density at radius 3 is 2.76 bits per heavy atom. The maximum Gasteiger partial charge on any atom is 0.238 e. The third-order valence-electron chi connectivity index (χ3n) is 3.32. The van der Waals surface area contributed by atoms with Gasteiger partial charge in [0.05, 0.1) is 0 Å². The fourth-order valence-electron chi connectivity index (χ4n) is 2.25. The van der Waals surface area contributed by atoms with Crippen molar-refractivity contribution >= 4 is 17.9 Å². The molecule has 21 heavy (non-hydrogen) atoms. The van der Waals surface area contributed by atoms with Crippen molar-refractivity contribution in [1.82, 2.24) is 9.62 Å². The van der Waals surface area contributed by atoms with Crippen LogP contribution in [0.3, 0.4) is 0 Å². The summed E-state index contributed by atoms with van der Waals surface area (Å²) in [6.45, 7) is 3.83. The normalized spacial score (nSPS) is 19.2. The summed E-state index contributed by atoms with van der Waals surface area (Å²) in [4.78, 5) is 12.1. The summed E-state index contributed by atoms with van der Waals surface area (Å²) in [6.07, 6.45) is 0.717. The molecule has 2 rings (SSSR count). The summed E-state index contributed by atoms with van der Waals surface area (Å²) < 4.78 is 41.5. The number of nitrogens with one attached hydrogen (secondary N) is 1. The molecule has 1 amide bonds. The van der Waals surface area contributed by atoms with E-state index in [1.54, 1.807) is 11.9 Å². The number of rotatable bonds is 4. The highest BCUT2D eigenvalue weighted by Crippen LogP contribution is 2.29. The molecule has 1 aromatic rings. The number of halogens is 3. The van der Waals surface area contributed by atoms with E-state index in [9.17, 15) is 18.0 Å². The molecular weight excluding hydrogens is 301 g/mol. The Kier molecular flexibility index (Phi) is 5.16. The third kappa shape index (κ3) is 3.52. The monoisotopic (exact) mass is 318 g/mol. The summed E-state index contributed by atoms with van der Waals surface area (Å²) >= 11 is 1.60. The van der Waals surface area contributed by atoms with Crippen LogP contribution in [0, 0.1) is 17.5 Å². The molecule has 0 aromatic heterocycles. The minimum Gasteiger partial charge on any atom is -0.351 e. The minimum absolute atomic E-state index is 0.0657. The number of carbonyl (C=O) groups is 1. The van der Waals surface area contributed by atoms with Gasteiger partial charge >= 0.3 is 0 Å². The first-order valence-corrected chi connectivity index (χ1v) is 7.67. The molecule has 116 valence electrons. The van der Waals surface area contributed by atoms with Gasteiger partial charge in [0.25, 0.3) is 0 Å². The molecular formula is C14H17F3N2OS. The standard InChI is InChI=1S/C14H17F3N2OS/c1-8(2)19-11(5-6-21-19)14(20)18-7-9-3-4-10(15)13(17)12(9)16/h3-4,8,11H,5-7H2,1-2H3,(H,18,20). The van der Waals surface area contributed by atoms with E-state index in [-0.39, 0.29) is 30.1 Å². The Bertz CT molecular complexity index is 539. The van der Waals surface area contributed by atoms with Gasteiger partial charge in [-0.2, -0.15) is 0 Å². The molecule has 1 aromatic carbocycles. The van der Waals surface area contributed by atoms with Gasteiger partial charge in [-0.25, -0.2) is 17.5 Å². The number of hydrogen-bond acceptors (Lipinski definition) is 3. The number of nitrogens with zero attached hydrogens (tertiary/aromatic N) is 1. The van der Waals surface area contributed by atoms with Crippen molar-refractivity contribution in [3.8, 4) is 0 Å². The van der Waals surface area contributed by atoms with E-state index in [1.807, 2.05) is 18.2 Å². The van der Waals surface area contributed by atoms with Crippen molar-refractivity contribution in [1.29, 1.82) is 0 Å². The van der Waals surface area contributed by atoms with Crippen LogP contribution in [0.5, 0.6) is 0 Å². The highest BCUT2D eigenvalue weighted by atomic mass is 32.2. The van der Waals surface area contributed by atoms with Crippen LogP contribution < -0.4 is 5.32 Å². The molecule has 0 saturated carbocycles. The fraction of sp³-hybridized carbons (Fsp3) is 0.500. The van der Waals surface area contributed by atoms with E-state index in [1.165, 1.54) is 0 Å². The zero-order valence-electron chi connectivity index (χ0n) is 11.8. The SMILES string of the molecule is CC(C)N1SCCC1C(=O)NCc1ccc(F)c(F)c1F. The van der Waals surface area contributed by atoms with Gasteiger partial charge in [0.2, 0.25) is 5.91 Å². The van der Waals surface area contributed by atoms with Crippen molar-refractivity contribution in [3.63, 3.8) is 0 Å². The van der Waals surface area contributed by atoms with Crippen molar-refractivity contribution in [2.45, 2.75) is 38.9 Å². The van der Waals surface area contributed by atoms with Crippen LogP contribution in [0.2, 0.25) is 0 Å². The largest absolute Gasteiger partial charge is 0.351 e. The Morgan fingerprint density at radius 2 is 2.10 bits per heavy atom. The second-order valence-electron chi connectivity index (χ2n) is 5.14. The molecule has 0 aliphatic carbocycles. The Balaban J connectivity index is 2.00. The second kappa shape index (κ2) is 6.70. The Labute approximate surface area is 126 Å². The molecule has 1 atom stereocenters. The molecule has 1 saturated heterocycles. The van der Waals surface area contributed by atoms with Crippen LogP contribution in [-0.2, 0) is 11.3 Å². The average Bonchev–Trinajstić information content (AvgIpc) is 2.93. The number of hydrogen-bond donors (Lipinski definition) is 1. The lowest BCUT2D eigenvalue weighted by Gasteiger charge is -2.25. The molecule has 3 nitrogen and oxygen atoms in total. The van der Waals surface area contributed by atoms with Crippen molar-refractivity contribution in [2.75, 3.05) is 5.75 Å². The second-order valence-corrected chi connectivity index (χ2v) is 6.23. The van der Waals surface area contributed by atoms with E-state index >= 15 is 0 Å². The molecule has 1 aliphatic heterocycles. The van der Waals surface area contributed by atoms with E-state index in [2.05, 4.69) is 5.32 Å².